The summed E-state index contributed by atoms with van der Waals surface area (Å²) in [4.78, 5) is 16.9. The largest absolute Gasteiger partial charge is 0.477 e. The van der Waals surface area contributed by atoms with Crippen LogP contribution in [-0.2, 0) is 0 Å². The lowest BCUT2D eigenvalue weighted by Gasteiger charge is -2.32. The third-order valence-corrected chi connectivity index (χ3v) is 3.45. The Morgan fingerprint density at radius 3 is 3.00 bits per heavy atom. The van der Waals surface area contributed by atoms with E-state index in [-0.39, 0.29) is 5.69 Å². The van der Waals surface area contributed by atoms with Crippen molar-refractivity contribution in [2.45, 2.75) is 25.3 Å². The van der Waals surface area contributed by atoms with Gasteiger partial charge in [-0.2, -0.15) is 0 Å². The fourth-order valence-electron chi connectivity index (χ4n) is 2.26. The van der Waals surface area contributed by atoms with E-state index < -0.39 is 5.97 Å². The number of rotatable bonds is 4. The van der Waals surface area contributed by atoms with Crippen LogP contribution < -0.4 is 5.32 Å². The number of likely N-dealkylation sites (N-methyl/N-ethyl adjacent to an activating group) is 1. The second-order valence-corrected chi connectivity index (χ2v) is 4.75. The number of carboxylic acid groups (broad SMARTS) is 1. The zero-order valence-electron chi connectivity index (χ0n) is 10.6. The molecule has 0 amide bonds. The molecule has 2 N–H and O–H groups in total. The molecule has 0 bridgehead atoms. The Bertz CT molecular complexity index is 405. The second-order valence-electron chi connectivity index (χ2n) is 4.75. The number of aromatic carboxylic acids is 1. The summed E-state index contributed by atoms with van der Waals surface area (Å²) in [5.41, 5.74) is 0.953. The number of carboxylic acids is 1. The van der Waals surface area contributed by atoms with Gasteiger partial charge in [-0.1, -0.05) is 6.42 Å². The smallest absolute Gasteiger partial charge is 0.354 e. The Morgan fingerprint density at radius 1 is 1.56 bits per heavy atom. The first kappa shape index (κ1) is 12.8. The van der Waals surface area contributed by atoms with Crippen LogP contribution in [0.15, 0.2) is 18.3 Å². The van der Waals surface area contributed by atoms with Gasteiger partial charge in [0.2, 0.25) is 0 Å². The van der Waals surface area contributed by atoms with Crippen molar-refractivity contribution in [3.8, 4) is 0 Å². The molecule has 1 aliphatic heterocycles. The zero-order chi connectivity index (χ0) is 13.0. The van der Waals surface area contributed by atoms with Crippen LogP contribution in [0.25, 0.3) is 0 Å². The molecule has 1 aliphatic rings. The maximum absolute atomic E-state index is 10.7. The molecule has 1 aromatic heterocycles. The van der Waals surface area contributed by atoms with E-state index in [0.717, 1.165) is 18.8 Å². The molecule has 5 nitrogen and oxygen atoms in total. The molecule has 1 unspecified atom stereocenters. The van der Waals surface area contributed by atoms with Gasteiger partial charge in [0.1, 0.15) is 5.69 Å². The van der Waals surface area contributed by atoms with Crippen molar-refractivity contribution in [1.29, 1.82) is 0 Å². The average Bonchev–Trinajstić information content (AvgIpc) is 2.38. The molecule has 1 fully saturated rings. The number of nitrogens with one attached hydrogen (secondary N) is 1. The van der Waals surface area contributed by atoms with E-state index in [1.807, 2.05) is 0 Å². The van der Waals surface area contributed by atoms with Crippen LogP contribution in [0.3, 0.4) is 0 Å². The summed E-state index contributed by atoms with van der Waals surface area (Å²) in [5, 5.41) is 12.1. The van der Waals surface area contributed by atoms with Gasteiger partial charge in [-0.3, -0.25) is 0 Å². The summed E-state index contributed by atoms with van der Waals surface area (Å²) in [6, 6.07) is 3.84. The standard InChI is InChI=1S/C13H19N3O2/c1-16-7-3-2-4-11(16)9-14-10-5-6-12(13(17)18)15-8-10/h5-6,8,11,14H,2-4,7,9H2,1H3,(H,17,18). The van der Waals surface area contributed by atoms with Gasteiger partial charge in [0.15, 0.2) is 0 Å². The molecule has 1 saturated heterocycles. The lowest BCUT2D eigenvalue weighted by molar-refractivity contribution is 0.0690. The molecule has 0 aromatic carbocycles. The van der Waals surface area contributed by atoms with Crippen LogP contribution in [0.4, 0.5) is 5.69 Å². The van der Waals surface area contributed by atoms with Gasteiger partial charge in [-0.15, -0.1) is 0 Å². The van der Waals surface area contributed by atoms with E-state index in [1.165, 1.54) is 25.3 Å². The number of piperidine rings is 1. The SMILES string of the molecule is CN1CCCCC1CNc1ccc(C(=O)O)nc1. The molecule has 2 rings (SSSR count). The van der Waals surface area contributed by atoms with Gasteiger partial charge < -0.3 is 15.3 Å². The summed E-state index contributed by atoms with van der Waals surface area (Å²) >= 11 is 0. The molecule has 0 spiro atoms. The van der Waals surface area contributed by atoms with Crippen molar-refractivity contribution in [2.24, 2.45) is 0 Å². The van der Waals surface area contributed by atoms with Crippen molar-refractivity contribution in [2.75, 3.05) is 25.5 Å². The molecule has 2 heterocycles. The van der Waals surface area contributed by atoms with E-state index in [1.54, 1.807) is 12.3 Å². The van der Waals surface area contributed by atoms with Crippen molar-refractivity contribution < 1.29 is 9.90 Å². The summed E-state index contributed by atoms with van der Waals surface area (Å²) in [7, 11) is 2.15. The fraction of sp³-hybridized carbons (Fsp3) is 0.538. The minimum Gasteiger partial charge on any atom is -0.477 e. The minimum absolute atomic E-state index is 0.0790. The van der Waals surface area contributed by atoms with E-state index >= 15 is 0 Å². The molecule has 98 valence electrons. The number of anilines is 1. The molecule has 0 aliphatic carbocycles. The normalized spacial score (nSPS) is 20.6. The predicted molar refractivity (Wildman–Crippen MR) is 70.0 cm³/mol. The zero-order valence-corrected chi connectivity index (χ0v) is 10.6. The van der Waals surface area contributed by atoms with Crippen molar-refractivity contribution in [3.05, 3.63) is 24.0 Å². The van der Waals surface area contributed by atoms with Gasteiger partial charge >= 0.3 is 5.97 Å². The number of likely N-dealkylation sites (tertiary alicyclic amines) is 1. The number of hydrogen-bond acceptors (Lipinski definition) is 4. The van der Waals surface area contributed by atoms with Crippen LogP contribution in [0.2, 0.25) is 0 Å². The highest BCUT2D eigenvalue weighted by molar-refractivity contribution is 5.85. The first-order valence-electron chi connectivity index (χ1n) is 6.30. The third kappa shape index (κ3) is 3.20. The summed E-state index contributed by atoms with van der Waals surface area (Å²) in [5.74, 6) is -0.992. The van der Waals surface area contributed by atoms with Crippen LogP contribution in [-0.4, -0.2) is 47.1 Å². The summed E-state index contributed by atoms with van der Waals surface area (Å²) in [6.45, 7) is 2.03. The van der Waals surface area contributed by atoms with E-state index in [0.29, 0.717) is 6.04 Å². The van der Waals surface area contributed by atoms with Gasteiger partial charge in [-0.25, -0.2) is 9.78 Å². The van der Waals surface area contributed by atoms with Gasteiger partial charge in [0.25, 0.3) is 0 Å². The third-order valence-electron chi connectivity index (χ3n) is 3.45. The van der Waals surface area contributed by atoms with Crippen molar-refractivity contribution >= 4 is 11.7 Å². The van der Waals surface area contributed by atoms with Crippen LogP contribution in [0, 0.1) is 0 Å². The van der Waals surface area contributed by atoms with Crippen LogP contribution >= 0.6 is 0 Å². The topological polar surface area (TPSA) is 65.5 Å². The monoisotopic (exact) mass is 249 g/mol. The Morgan fingerprint density at radius 2 is 2.39 bits per heavy atom. The Labute approximate surface area is 107 Å². The molecular formula is C13H19N3O2. The number of carbonyl (C=O) groups is 1. The molecule has 5 heteroatoms. The molecule has 0 radical (unpaired) electrons. The maximum atomic E-state index is 10.7. The van der Waals surface area contributed by atoms with E-state index in [4.69, 9.17) is 5.11 Å². The molecular weight excluding hydrogens is 230 g/mol. The Kier molecular flexibility index (Phi) is 4.15. The first-order chi connectivity index (χ1) is 8.66. The Hall–Kier alpha value is -1.62. The van der Waals surface area contributed by atoms with Crippen molar-refractivity contribution in [3.63, 3.8) is 0 Å². The summed E-state index contributed by atoms with van der Waals surface area (Å²) < 4.78 is 0. The lowest BCUT2D eigenvalue weighted by Crippen LogP contribution is -2.40. The molecule has 1 aromatic rings. The Balaban J connectivity index is 1.87. The van der Waals surface area contributed by atoms with E-state index in [2.05, 4.69) is 22.2 Å². The highest BCUT2D eigenvalue weighted by Gasteiger charge is 2.18. The average molecular weight is 249 g/mol. The van der Waals surface area contributed by atoms with Crippen molar-refractivity contribution in [1.82, 2.24) is 9.88 Å². The lowest BCUT2D eigenvalue weighted by atomic mass is 10.0. The number of aromatic nitrogens is 1. The fourth-order valence-corrected chi connectivity index (χ4v) is 2.26. The number of hydrogen-bond donors (Lipinski definition) is 2. The quantitative estimate of drug-likeness (QED) is 0.850. The predicted octanol–water partition coefficient (Wildman–Crippen LogP) is 1.68. The summed E-state index contributed by atoms with van der Waals surface area (Å²) in [6.07, 6.45) is 5.35. The van der Waals surface area contributed by atoms with Gasteiger partial charge in [0, 0.05) is 12.6 Å². The highest BCUT2D eigenvalue weighted by atomic mass is 16.4. The molecule has 0 saturated carbocycles. The van der Waals surface area contributed by atoms with Crippen LogP contribution in [0.5, 0.6) is 0 Å². The second kappa shape index (κ2) is 5.82. The highest BCUT2D eigenvalue weighted by Crippen LogP contribution is 2.16. The first-order valence-corrected chi connectivity index (χ1v) is 6.30. The van der Waals surface area contributed by atoms with Gasteiger partial charge in [-0.05, 0) is 38.6 Å². The molecule has 18 heavy (non-hydrogen) atoms. The minimum atomic E-state index is -0.992. The van der Waals surface area contributed by atoms with E-state index in [9.17, 15) is 4.79 Å². The van der Waals surface area contributed by atoms with Gasteiger partial charge in [0.05, 0.1) is 11.9 Å². The van der Waals surface area contributed by atoms with Crippen LogP contribution in [0.1, 0.15) is 29.8 Å². The number of nitrogens with zero attached hydrogens (tertiary/aromatic N) is 2. The molecule has 1 atom stereocenters. The maximum Gasteiger partial charge on any atom is 0.354 e. The number of pyridine rings is 1.